The van der Waals surface area contributed by atoms with Crippen molar-refractivity contribution >= 4 is 16.1 Å². The van der Waals surface area contributed by atoms with Crippen LogP contribution in [0.5, 0.6) is 0 Å². The van der Waals surface area contributed by atoms with Gasteiger partial charge in [0.05, 0.1) is 16.1 Å². The third kappa shape index (κ3) is 4.57. The first-order chi connectivity index (χ1) is 8.41. The lowest BCUT2D eigenvalue weighted by molar-refractivity contribution is 0.531. The molecule has 0 aliphatic heterocycles. The number of rotatable bonds is 4. The van der Waals surface area contributed by atoms with E-state index in [1.54, 1.807) is 0 Å². The Morgan fingerprint density at radius 3 is 1.89 bits per heavy atom. The average Bonchev–Trinajstić information content (AvgIpc) is 2.17. The van der Waals surface area contributed by atoms with Gasteiger partial charge in [-0.05, 0) is 0 Å². The molecule has 0 aliphatic rings. The van der Waals surface area contributed by atoms with E-state index in [9.17, 15) is 14.0 Å². The van der Waals surface area contributed by atoms with Crippen LogP contribution < -0.4 is 11.2 Å². The minimum atomic E-state index is -1.67. The van der Waals surface area contributed by atoms with Gasteiger partial charge in [0.1, 0.15) is 0 Å². The second-order valence-electron chi connectivity index (χ2n) is 7.40. The molecular formula is C12H23FN2O2Si2. The molecule has 7 heteroatoms. The van der Waals surface area contributed by atoms with E-state index in [1.807, 2.05) is 19.6 Å². The zero-order chi connectivity index (χ0) is 15.0. The Morgan fingerprint density at radius 1 is 1.00 bits per heavy atom. The Morgan fingerprint density at radius 2 is 1.47 bits per heavy atom. The fourth-order valence-corrected chi connectivity index (χ4v) is 4.33. The monoisotopic (exact) mass is 302 g/mol. The second kappa shape index (κ2) is 5.20. The number of halogens is 1. The van der Waals surface area contributed by atoms with E-state index in [2.05, 4.69) is 19.6 Å². The van der Waals surface area contributed by atoms with Gasteiger partial charge in [0.25, 0.3) is 5.56 Å². The van der Waals surface area contributed by atoms with Crippen LogP contribution in [0.4, 0.5) is 4.39 Å². The molecule has 0 aromatic carbocycles. The molecule has 0 bridgehead atoms. The number of hydrogen-bond donors (Lipinski definition) is 0. The first-order valence-corrected chi connectivity index (χ1v) is 13.8. The summed E-state index contributed by atoms with van der Waals surface area (Å²) in [6.07, 6.45) is 1.94. The molecule has 0 N–H and O–H groups in total. The smallest absolute Gasteiger partial charge is 0.300 e. The van der Waals surface area contributed by atoms with Crippen LogP contribution in [-0.4, -0.2) is 25.3 Å². The van der Waals surface area contributed by atoms with Crippen LogP contribution in [0.3, 0.4) is 0 Å². The summed E-state index contributed by atoms with van der Waals surface area (Å²) in [5.41, 5.74) is -1.17. The number of hydrogen-bond acceptors (Lipinski definition) is 2. The van der Waals surface area contributed by atoms with Crippen LogP contribution in [-0.2, 0) is 12.3 Å². The molecule has 0 amide bonds. The molecule has 0 radical (unpaired) electrons. The molecule has 1 aromatic heterocycles. The average molecular weight is 302 g/mol. The molecule has 0 aliphatic carbocycles. The van der Waals surface area contributed by atoms with Crippen molar-refractivity contribution in [3.05, 3.63) is 32.9 Å². The Hall–Kier alpha value is -0.956. The summed E-state index contributed by atoms with van der Waals surface area (Å²) in [7, 11) is -3.23. The fourth-order valence-electron chi connectivity index (χ4n) is 1.86. The molecule has 0 spiro atoms. The maximum absolute atomic E-state index is 13.7. The maximum Gasteiger partial charge on any atom is 0.330 e. The normalized spacial score (nSPS) is 12.8. The molecule has 4 nitrogen and oxygen atoms in total. The van der Waals surface area contributed by atoms with Gasteiger partial charge >= 0.3 is 5.69 Å². The first-order valence-electron chi connectivity index (χ1n) is 6.40. The van der Waals surface area contributed by atoms with E-state index >= 15 is 0 Å². The van der Waals surface area contributed by atoms with Crippen molar-refractivity contribution in [2.45, 2.75) is 51.6 Å². The third-order valence-corrected chi connectivity index (χ3v) is 5.03. The first kappa shape index (κ1) is 16.1. The summed E-state index contributed by atoms with van der Waals surface area (Å²) in [5, 5.41) is 0. The molecule has 0 saturated carbocycles. The van der Waals surface area contributed by atoms with Gasteiger partial charge in [0.2, 0.25) is 5.82 Å². The van der Waals surface area contributed by atoms with Crippen LogP contribution in [0.2, 0.25) is 39.3 Å². The van der Waals surface area contributed by atoms with Crippen LogP contribution in [0.25, 0.3) is 0 Å². The summed E-state index contributed by atoms with van der Waals surface area (Å²) in [6.45, 7) is 12.5. The third-order valence-electron chi connectivity index (χ3n) is 2.47. The van der Waals surface area contributed by atoms with Crippen molar-refractivity contribution in [2.24, 2.45) is 0 Å². The lowest BCUT2D eigenvalue weighted by Crippen LogP contribution is -2.48. The Labute approximate surface area is 114 Å². The zero-order valence-electron chi connectivity index (χ0n) is 12.6. The molecule has 19 heavy (non-hydrogen) atoms. The lowest BCUT2D eigenvalue weighted by atomic mass is 10.6. The molecule has 0 atom stereocenters. The van der Waals surface area contributed by atoms with E-state index in [0.29, 0.717) is 12.3 Å². The van der Waals surface area contributed by atoms with E-state index in [0.717, 1.165) is 10.8 Å². The Bertz CT molecular complexity index is 579. The minimum Gasteiger partial charge on any atom is -0.300 e. The molecule has 0 unspecified atom stereocenters. The van der Waals surface area contributed by atoms with Crippen molar-refractivity contribution < 1.29 is 4.39 Å². The molecule has 1 aromatic rings. The maximum atomic E-state index is 13.7. The summed E-state index contributed by atoms with van der Waals surface area (Å²) >= 11 is 0. The predicted octanol–water partition coefficient (Wildman–Crippen LogP) is 1.90. The fraction of sp³-hybridized carbons (Fsp3) is 0.667. The molecule has 1 heterocycles. The van der Waals surface area contributed by atoms with Crippen molar-refractivity contribution in [1.29, 1.82) is 0 Å². The Kier molecular flexibility index (Phi) is 4.41. The quantitative estimate of drug-likeness (QED) is 0.797. The lowest BCUT2D eigenvalue weighted by Gasteiger charge is -2.21. The highest BCUT2D eigenvalue weighted by Crippen LogP contribution is 2.05. The van der Waals surface area contributed by atoms with E-state index in [-0.39, 0.29) is 5.69 Å². The van der Waals surface area contributed by atoms with E-state index < -0.39 is 27.5 Å². The van der Waals surface area contributed by atoms with Crippen LogP contribution in [0.15, 0.2) is 15.8 Å². The van der Waals surface area contributed by atoms with Crippen molar-refractivity contribution in [3.63, 3.8) is 0 Å². The number of aromatic nitrogens is 2. The SMILES string of the molecule is C[Si](C)(C)Cn1cc(F)c(=O)n(C[Si](C)(C)C)c1=O. The standard InChI is InChI=1S/C12H23FN2O2Si2/c1-18(2,3)8-14-7-10(13)11(16)15(12(14)17)9-19(4,5)6/h7H,8-9H2,1-6H3. The molecule has 0 fully saturated rings. The van der Waals surface area contributed by atoms with E-state index in [1.165, 1.54) is 4.57 Å². The van der Waals surface area contributed by atoms with Gasteiger partial charge in [0, 0.05) is 18.5 Å². The van der Waals surface area contributed by atoms with Crippen LogP contribution >= 0.6 is 0 Å². The molecular weight excluding hydrogens is 279 g/mol. The van der Waals surface area contributed by atoms with E-state index in [4.69, 9.17) is 0 Å². The highest BCUT2D eigenvalue weighted by Gasteiger charge is 2.22. The van der Waals surface area contributed by atoms with Gasteiger partial charge in [-0.1, -0.05) is 39.3 Å². The van der Waals surface area contributed by atoms with Crippen molar-refractivity contribution in [1.82, 2.24) is 9.13 Å². The molecule has 0 saturated heterocycles. The Balaban J connectivity index is 3.40. The molecule has 108 valence electrons. The summed E-state index contributed by atoms with van der Waals surface area (Å²) in [6, 6.07) is 0. The summed E-state index contributed by atoms with van der Waals surface area (Å²) < 4.78 is 16.1. The second-order valence-corrected chi connectivity index (χ2v) is 18.3. The van der Waals surface area contributed by atoms with Gasteiger partial charge in [-0.3, -0.25) is 9.36 Å². The topological polar surface area (TPSA) is 44.0 Å². The largest absolute Gasteiger partial charge is 0.330 e. The van der Waals surface area contributed by atoms with Gasteiger partial charge in [-0.15, -0.1) is 0 Å². The zero-order valence-corrected chi connectivity index (χ0v) is 14.6. The highest BCUT2D eigenvalue weighted by atomic mass is 28.3. The molecule has 1 rings (SSSR count). The van der Waals surface area contributed by atoms with Gasteiger partial charge in [-0.25, -0.2) is 4.79 Å². The van der Waals surface area contributed by atoms with Gasteiger partial charge in [0.15, 0.2) is 0 Å². The summed E-state index contributed by atoms with van der Waals surface area (Å²) in [5.74, 6) is -0.837. The summed E-state index contributed by atoms with van der Waals surface area (Å²) in [4.78, 5) is 24.1. The predicted molar refractivity (Wildman–Crippen MR) is 81.6 cm³/mol. The van der Waals surface area contributed by atoms with Crippen molar-refractivity contribution in [3.8, 4) is 0 Å². The van der Waals surface area contributed by atoms with Crippen LogP contribution in [0, 0.1) is 5.82 Å². The highest BCUT2D eigenvalue weighted by molar-refractivity contribution is 6.75. The van der Waals surface area contributed by atoms with Gasteiger partial charge < -0.3 is 4.57 Å². The minimum absolute atomic E-state index is 0.355. The van der Waals surface area contributed by atoms with Gasteiger partial charge in [-0.2, -0.15) is 4.39 Å². The number of nitrogens with zero attached hydrogens (tertiary/aromatic N) is 2. The van der Waals surface area contributed by atoms with Crippen molar-refractivity contribution in [2.75, 3.05) is 0 Å². The van der Waals surface area contributed by atoms with Crippen LogP contribution in [0.1, 0.15) is 0 Å².